The third kappa shape index (κ3) is 10.8. The lowest BCUT2D eigenvalue weighted by Gasteiger charge is -2.33. The minimum absolute atomic E-state index is 0. The second kappa shape index (κ2) is 14.8. The molecule has 2 aliphatic rings. The molecule has 0 amide bonds. The third-order valence-electron chi connectivity index (χ3n) is 5.12. The molecule has 0 bridgehead atoms. The van der Waals surface area contributed by atoms with E-state index in [1.807, 2.05) is 0 Å². The van der Waals surface area contributed by atoms with E-state index in [1.54, 1.807) is 0 Å². The molecule has 0 radical (unpaired) electrons. The highest BCUT2D eigenvalue weighted by Crippen LogP contribution is 2.05. The summed E-state index contributed by atoms with van der Waals surface area (Å²) in [6, 6.07) is 0. The molecule has 2 aliphatic heterocycles. The van der Waals surface area contributed by atoms with Crippen molar-refractivity contribution < 1.29 is 4.74 Å². The number of nitrogens with one attached hydrogen (secondary N) is 2. The van der Waals surface area contributed by atoms with E-state index in [0.29, 0.717) is 5.92 Å². The normalized spacial score (nSPS) is 21.5. The summed E-state index contributed by atoms with van der Waals surface area (Å²) in [4.78, 5) is 12.3. The van der Waals surface area contributed by atoms with Crippen LogP contribution in [0.5, 0.6) is 0 Å². The molecule has 2 saturated heterocycles. The number of likely N-dealkylation sites (N-methyl/N-ethyl adjacent to an activating group) is 1. The van der Waals surface area contributed by atoms with Gasteiger partial charge in [-0.05, 0) is 32.9 Å². The summed E-state index contributed by atoms with van der Waals surface area (Å²) < 4.78 is 5.40. The number of ether oxygens (including phenoxy) is 1. The van der Waals surface area contributed by atoms with Crippen molar-refractivity contribution in [3.05, 3.63) is 0 Å². The van der Waals surface area contributed by atoms with E-state index >= 15 is 0 Å². The molecular formula is C19H41IN6O. The van der Waals surface area contributed by atoms with Gasteiger partial charge in [0.1, 0.15) is 0 Å². The van der Waals surface area contributed by atoms with Crippen molar-refractivity contribution in [3.63, 3.8) is 0 Å². The zero-order chi connectivity index (χ0) is 18.6. The van der Waals surface area contributed by atoms with Crippen LogP contribution >= 0.6 is 24.0 Å². The van der Waals surface area contributed by atoms with Gasteiger partial charge in [-0.3, -0.25) is 9.89 Å². The smallest absolute Gasteiger partial charge is 0.191 e. The van der Waals surface area contributed by atoms with Crippen LogP contribution in [0.3, 0.4) is 0 Å². The van der Waals surface area contributed by atoms with Gasteiger partial charge in [0, 0.05) is 65.4 Å². The van der Waals surface area contributed by atoms with Crippen LogP contribution < -0.4 is 10.6 Å². The molecule has 1 unspecified atom stereocenters. The number of morpholine rings is 1. The van der Waals surface area contributed by atoms with Gasteiger partial charge >= 0.3 is 0 Å². The van der Waals surface area contributed by atoms with E-state index < -0.39 is 0 Å². The molecule has 0 saturated carbocycles. The molecule has 8 heteroatoms. The van der Waals surface area contributed by atoms with Gasteiger partial charge in [-0.15, -0.1) is 24.0 Å². The van der Waals surface area contributed by atoms with E-state index in [4.69, 9.17) is 9.73 Å². The quantitative estimate of drug-likeness (QED) is 0.213. The molecule has 27 heavy (non-hydrogen) atoms. The van der Waals surface area contributed by atoms with Crippen molar-refractivity contribution in [2.45, 2.75) is 20.3 Å². The van der Waals surface area contributed by atoms with Gasteiger partial charge in [0.2, 0.25) is 0 Å². The van der Waals surface area contributed by atoms with Gasteiger partial charge in [-0.25, -0.2) is 0 Å². The fraction of sp³-hybridized carbons (Fsp3) is 0.947. The van der Waals surface area contributed by atoms with Crippen molar-refractivity contribution in [1.29, 1.82) is 0 Å². The Balaban J connectivity index is 0.00000364. The number of nitrogens with zero attached hydrogens (tertiary/aromatic N) is 4. The Morgan fingerprint density at radius 2 is 1.74 bits per heavy atom. The van der Waals surface area contributed by atoms with Crippen molar-refractivity contribution in [1.82, 2.24) is 25.3 Å². The summed E-state index contributed by atoms with van der Waals surface area (Å²) in [6.07, 6.45) is 1.14. The number of aliphatic imine (C=N–C) groups is 1. The molecule has 0 aliphatic carbocycles. The summed E-state index contributed by atoms with van der Waals surface area (Å²) in [5.41, 5.74) is 0. The first-order valence-corrected chi connectivity index (χ1v) is 10.4. The van der Waals surface area contributed by atoms with Crippen LogP contribution in [0.2, 0.25) is 0 Å². The third-order valence-corrected chi connectivity index (χ3v) is 5.12. The van der Waals surface area contributed by atoms with Gasteiger partial charge in [-0.2, -0.15) is 0 Å². The Morgan fingerprint density at radius 1 is 1.04 bits per heavy atom. The van der Waals surface area contributed by atoms with Gasteiger partial charge in [0.25, 0.3) is 0 Å². The van der Waals surface area contributed by atoms with Crippen LogP contribution in [0.25, 0.3) is 0 Å². The summed E-state index contributed by atoms with van der Waals surface area (Å²) in [5.74, 6) is 1.54. The van der Waals surface area contributed by atoms with Gasteiger partial charge in [0.15, 0.2) is 5.96 Å². The van der Waals surface area contributed by atoms with Crippen LogP contribution in [-0.2, 0) is 4.74 Å². The number of halogens is 1. The number of hydrogen-bond acceptors (Lipinski definition) is 5. The molecular weight excluding hydrogens is 455 g/mol. The first kappa shape index (κ1) is 24.9. The van der Waals surface area contributed by atoms with Crippen LogP contribution in [-0.4, -0.2) is 113 Å². The average Bonchev–Trinajstić information content (AvgIpc) is 2.66. The fourth-order valence-electron chi connectivity index (χ4n) is 3.45. The molecule has 2 fully saturated rings. The summed E-state index contributed by atoms with van der Waals surface area (Å²) in [5, 5.41) is 6.86. The molecule has 7 nitrogen and oxygen atoms in total. The minimum atomic E-state index is 0. The van der Waals surface area contributed by atoms with Gasteiger partial charge in [-0.1, -0.05) is 6.92 Å². The van der Waals surface area contributed by atoms with Crippen LogP contribution in [0, 0.1) is 5.92 Å². The monoisotopic (exact) mass is 496 g/mol. The maximum absolute atomic E-state index is 5.40. The first-order chi connectivity index (χ1) is 12.7. The number of guanidine groups is 1. The SMILES string of the molecule is CCNC(=NCC(C)CN1CCN(C)CC1)NCCCN1CCOCC1.I. The Hall–Kier alpha value is -0.160. The van der Waals surface area contributed by atoms with Crippen molar-refractivity contribution in [3.8, 4) is 0 Å². The Bertz CT molecular complexity index is 398. The lowest BCUT2D eigenvalue weighted by molar-refractivity contribution is 0.0376. The van der Waals surface area contributed by atoms with Gasteiger partial charge < -0.3 is 25.2 Å². The molecule has 160 valence electrons. The molecule has 0 aromatic carbocycles. The molecule has 2 N–H and O–H groups in total. The molecule has 0 aromatic rings. The lowest BCUT2D eigenvalue weighted by Crippen LogP contribution is -2.46. The predicted octanol–water partition coefficient (Wildman–Crippen LogP) is 0.765. The second-order valence-corrected chi connectivity index (χ2v) is 7.66. The summed E-state index contributed by atoms with van der Waals surface area (Å²) >= 11 is 0. The fourth-order valence-corrected chi connectivity index (χ4v) is 3.45. The average molecular weight is 496 g/mol. The lowest BCUT2D eigenvalue weighted by atomic mass is 10.1. The van der Waals surface area contributed by atoms with E-state index in [9.17, 15) is 0 Å². The Kier molecular flexibility index (Phi) is 13.6. The van der Waals surface area contributed by atoms with Crippen LogP contribution in [0.15, 0.2) is 4.99 Å². The second-order valence-electron chi connectivity index (χ2n) is 7.66. The van der Waals surface area contributed by atoms with Crippen LogP contribution in [0.4, 0.5) is 0 Å². The molecule has 0 aromatic heterocycles. The standard InChI is InChI=1S/C19H40N6O.HI/c1-4-20-19(21-6-5-7-24-12-14-26-15-13-24)22-16-18(2)17-25-10-8-23(3)9-11-25;/h18H,4-17H2,1-3H3,(H2,20,21,22);1H. The largest absolute Gasteiger partial charge is 0.379 e. The Morgan fingerprint density at radius 3 is 2.41 bits per heavy atom. The number of hydrogen-bond donors (Lipinski definition) is 2. The Labute approximate surface area is 183 Å². The molecule has 2 heterocycles. The zero-order valence-electron chi connectivity index (χ0n) is 17.6. The summed E-state index contributed by atoms with van der Waals surface area (Å²) in [6.45, 7) is 18.1. The maximum atomic E-state index is 5.40. The molecule has 0 spiro atoms. The number of piperazine rings is 1. The van der Waals surface area contributed by atoms with Gasteiger partial charge in [0.05, 0.1) is 13.2 Å². The van der Waals surface area contributed by atoms with Crippen molar-refractivity contribution in [2.75, 3.05) is 92.3 Å². The van der Waals surface area contributed by atoms with E-state index in [2.05, 4.69) is 46.2 Å². The highest BCUT2D eigenvalue weighted by molar-refractivity contribution is 14.0. The zero-order valence-corrected chi connectivity index (χ0v) is 19.9. The number of rotatable bonds is 9. The predicted molar refractivity (Wildman–Crippen MR) is 124 cm³/mol. The van der Waals surface area contributed by atoms with Crippen molar-refractivity contribution in [2.24, 2.45) is 10.9 Å². The first-order valence-electron chi connectivity index (χ1n) is 10.4. The van der Waals surface area contributed by atoms with E-state index in [-0.39, 0.29) is 24.0 Å². The molecule has 1 atom stereocenters. The van der Waals surface area contributed by atoms with E-state index in [0.717, 1.165) is 71.4 Å². The highest BCUT2D eigenvalue weighted by atomic mass is 127. The van der Waals surface area contributed by atoms with Crippen LogP contribution in [0.1, 0.15) is 20.3 Å². The van der Waals surface area contributed by atoms with Crippen molar-refractivity contribution >= 4 is 29.9 Å². The molecule has 2 rings (SSSR count). The maximum Gasteiger partial charge on any atom is 0.191 e. The van der Waals surface area contributed by atoms with E-state index in [1.165, 1.54) is 26.2 Å². The summed E-state index contributed by atoms with van der Waals surface area (Å²) in [7, 11) is 2.21. The highest BCUT2D eigenvalue weighted by Gasteiger charge is 2.16. The topological polar surface area (TPSA) is 55.4 Å². The minimum Gasteiger partial charge on any atom is -0.379 e.